The zero-order valence-corrected chi connectivity index (χ0v) is 24.6. The number of hydrogen-bond donors (Lipinski definition) is 0. The van der Waals surface area contributed by atoms with Gasteiger partial charge in [-0.2, -0.15) is 0 Å². The van der Waals surface area contributed by atoms with Crippen molar-refractivity contribution in [1.82, 2.24) is 19.0 Å². The Labute approximate surface area is 225 Å². The molecule has 1 aromatic rings. The van der Waals surface area contributed by atoms with Crippen LogP contribution < -0.4 is 4.74 Å². The van der Waals surface area contributed by atoms with Gasteiger partial charge >= 0.3 is 0 Å². The summed E-state index contributed by atoms with van der Waals surface area (Å²) in [5, 5.41) is 0. The molecule has 37 heavy (non-hydrogen) atoms. The molecule has 0 saturated carbocycles. The number of sulfonamides is 1. The Morgan fingerprint density at radius 2 is 1.57 bits per heavy atom. The van der Waals surface area contributed by atoms with E-state index in [0.29, 0.717) is 40.2 Å². The third kappa shape index (κ3) is 8.23. The quantitative estimate of drug-likeness (QED) is 0.407. The van der Waals surface area contributed by atoms with E-state index in [2.05, 4.69) is 28.8 Å². The molecule has 0 amide bonds. The lowest BCUT2D eigenvalue weighted by Crippen LogP contribution is -2.48. The van der Waals surface area contributed by atoms with Crippen molar-refractivity contribution in [3.05, 3.63) is 23.3 Å². The number of carbonyl (C=O) groups excluding carboxylic acids is 1. The van der Waals surface area contributed by atoms with Crippen LogP contribution in [0.3, 0.4) is 0 Å². The van der Waals surface area contributed by atoms with Crippen LogP contribution in [0.15, 0.2) is 17.0 Å². The van der Waals surface area contributed by atoms with E-state index in [4.69, 9.17) is 4.74 Å². The third-order valence-corrected chi connectivity index (χ3v) is 10.3. The number of piperidine rings is 2. The Kier molecular flexibility index (Phi) is 11.0. The maximum atomic E-state index is 13.2. The Hall–Kier alpha value is -1.52. The summed E-state index contributed by atoms with van der Waals surface area (Å²) in [4.78, 5) is 20.5. The molecule has 0 spiro atoms. The van der Waals surface area contributed by atoms with Gasteiger partial charge < -0.3 is 19.4 Å². The van der Waals surface area contributed by atoms with Crippen LogP contribution in [0.1, 0.15) is 49.7 Å². The summed E-state index contributed by atoms with van der Waals surface area (Å²) in [6.45, 7) is 10.6. The molecule has 3 rings (SSSR count). The van der Waals surface area contributed by atoms with Gasteiger partial charge in [0.25, 0.3) is 0 Å². The van der Waals surface area contributed by atoms with Gasteiger partial charge in [0.2, 0.25) is 10.0 Å². The molecule has 2 saturated heterocycles. The number of carbonyl (C=O) groups is 1. The van der Waals surface area contributed by atoms with E-state index in [0.717, 1.165) is 39.0 Å². The minimum absolute atomic E-state index is 0.165. The molecule has 9 heteroatoms. The fourth-order valence-electron chi connectivity index (χ4n) is 5.79. The third-order valence-electron chi connectivity index (χ3n) is 8.15. The second-order valence-electron chi connectivity index (χ2n) is 11.3. The Morgan fingerprint density at radius 1 is 0.973 bits per heavy atom. The first-order chi connectivity index (χ1) is 17.5. The molecule has 0 radical (unpaired) electrons. The van der Waals surface area contributed by atoms with E-state index < -0.39 is 10.0 Å². The van der Waals surface area contributed by atoms with Crippen molar-refractivity contribution in [1.29, 1.82) is 0 Å². The lowest BCUT2D eigenvalue weighted by Gasteiger charge is -2.42. The fourth-order valence-corrected chi connectivity index (χ4v) is 7.36. The summed E-state index contributed by atoms with van der Waals surface area (Å²) in [6.07, 6.45) is 5.42. The van der Waals surface area contributed by atoms with Crippen LogP contribution in [-0.4, -0.2) is 113 Å². The smallest absolute Gasteiger partial charge is 0.243 e. The molecule has 0 N–H and O–H groups in total. The number of Topliss-reactive ketones (excluding diaryl/α,β-unsaturated/α-hetero) is 1. The first kappa shape index (κ1) is 30.0. The standard InChI is InChI=1S/C28H48N4O4S/c1-22-19-27(36-6)20-23(2)28(22)37(34,35)30(5)12-11-26(33)21-24-7-15-32(16-8-24)25-9-13-31(14-10-25)18-17-29(3)4/h19-20,24-25H,7-18,21H2,1-6H3. The van der Waals surface area contributed by atoms with Crippen LogP contribution >= 0.6 is 0 Å². The van der Waals surface area contributed by atoms with Crippen molar-refractivity contribution in [2.75, 3.05) is 74.1 Å². The normalized spacial score (nSPS) is 19.1. The Balaban J connectivity index is 1.41. The van der Waals surface area contributed by atoms with Gasteiger partial charge in [0, 0.05) is 45.6 Å². The molecule has 0 atom stereocenters. The SMILES string of the molecule is COc1cc(C)c(S(=O)(=O)N(C)CCC(=O)CC2CCN(C3CCN(CCN(C)C)CC3)CC2)c(C)c1. The molecule has 1 aromatic carbocycles. The summed E-state index contributed by atoms with van der Waals surface area (Å²) in [5.41, 5.74) is 1.31. The minimum atomic E-state index is -3.67. The number of hydrogen-bond acceptors (Lipinski definition) is 7. The van der Waals surface area contributed by atoms with Gasteiger partial charge in [-0.1, -0.05) is 0 Å². The van der Waals surface area contributed by atoms with Gasteiger partial charge in [0.1, 0.15) is 11.5 Å². The van der Waals surface area contributed by atoms with Crippen molar-refractivity contribution in [3.8, 4) is 5.75 Å². The molecule has 2 aliphatic rings. The van der Waals surface area contributed by atoms with Gasteiger partial charge in [0.05, 0.1) is 12.0 Å². The highest BCUT2D eigenvalue weighted by atomic mass is 32.2. The van der Waals surface area contributed by atoms with Crippen LogP contribution in [0.2, 0.25) is 0 Å². The van der Waals surface area contributed by atoms with E-state index in [9.17, 15) is 13.2 Å². The van der Waals surface area contributed by atoms with Crippen molar-refractivity contribution >= 4 is 15.8 Å². The number of ketones is 1. The van der Waals surface area contributed by atoms with Gasteiger partial charge in [0.15, 0.2) is 0 Å². The molecule has 0 aromatic heterocycles. The predicted octanol–water partition coefficient (Wildman–Crippen LogP) is 3.02. The number of benzene rings is 1. The summed E-state index contributed by atoms with van der Waals surface area (Å²) in [7, 11) is 3.73. The molecular weight excluding hydrogens is 488 g/mol. The average Bonchev–Trinajstić information content (AvgIpc) is 2.86. The van der Waals surface area contributed by atoms with Crippen LogP contribution in [0.25, 0.3) is 0 Å². The molecule has 0 aliphatic carbocycles. The average molecular weight is 537 g/mol. The summed E-state index contributed by atoms with van der Waals surface area (Å²) >= 11 is 0. The summed E-state index contributed by atoms with van der Waals surface area (Å²) in [6, 6.07) is 4.15. The van der Waals surface area contributed by atoms with Gasteiger partial charge in [-0.15, -0.1) is 0 Å². The Bertz CT molecular complexity index is 974. The van der Waals surface area contributed by atoms with Gasteiger partial charge in [-0.05, 0) is 109 Å². The number of nitrogens with zero attached hydrogens (tertiary/aromatic N) is 4. The fraction of sp³-hybridized carbons (Fsp3) is 0.750. The van der Waals surface area contributed by atoms with Gasteiger partial charge in [-0.25, -0.2) is 12.7 Å². The molecule has 0 bridgehead atoms. The highest BCUT2D eigenvalue weighted by Gasteiger charge is 2.30. The van der Waals surface area contributed by atoms with E-state index in [1.54, 1.807) is 40.1 Å². The van der Waals surface area contributed by atoms with E-state index >= 15 is 0 Å². The number of likely N-dealkylation sites (tertiary alicyclic amines) is 2. The van der Waals surface area contributed by atoms with Crippen LogP contribution in [0.5, 0.6) is 5.75 Å². The zero-order chi connectivity index (χ0) is 27.2. The second-order valence-corrected chi connectivity index (χ2v) is 13.2. The topological polar surface area (TPSA) is 73.4 Å². The van der Waals surface area contributed by atoms with Crippen LogP contribution in [0.4, 0.5) is 0 Å². The van der Waals surface area contributed by atoms with E-state index in [1.807, 2.05) is 0 Å². The minimum Gasteiger partial charge on any atom is -0.497 e. The molecule has 8 nitrogen and oxygen atoms in total. The van der Waals surface area contributed by atoms with E-state index in [-0.39, 0.29) is 18.7 Å². The van der Waals surface area contributed by atoms with Crippen molar-refractivity contribution in [2.24, 2.45) is 5.92 Å². The van der Waals surface area contributed by atoms with Crippen LogP contribution in [-0.2, 0) is 14.8 Å². The first-order valence-corrected chi connectivity index (χ1v) is 15.2. The number of rotatable bonds is 12. The lowest BCUT2D eigenvalue weighted by atomic mass is 9.89. The summed E-state index contributed by atoms with van der Waals surface area (Å²) < 4.78 is 33.0. The molecule has 210 valence electrons. The second kappa shape index (κ2) is 13.5. The van der Waals surface area contributed by atoms with Gasteiger partial charge in [-0.3, -0.25) is 4.79 Å². The number of ether oxygens (including phenoxy) is 1. The van der Waals surface area contributed by atoms with E-state index in [1.165, 1.54) is 30.2 Å². The van der Waals surface area contributed by atoms with Crippen LogP contribution in [0, 0.1) is 19.8 Å². The van der Waals surface area contributed by atoms with Crippen molar-refractivity contribution in [2.45, 2.75) is 63.3 Å². The number of aryl methyl sites for hydroxylation is 2. The summed E-state index contributed by atoms with van der Waals surface area (Å²) in [5.74, 6) is 1.22. The first-order valence-electron chi connectivity index (χ1n) is 13.8. The molecule has 2 heterocycles. The highest BCUT2D eigenvalue weighted by Crippen LogP contribution is 2.29. The lowest BCUT2D eigenvalue weighted by molar-refractivity contribution is -0.120. The molecular formula is C28H48N4O4S. The zero-order valence-electron chi connectivity index (χ0n) is 23.8. The monoisotopic (exact) mass is 536 g/mol. The number of methoxy groups -OCH3 is 1. The molecule has 0 unspecified atom stereocenters. The van der Waals surface area contributed by atoms with Crippen molar-refractivity contribution in [3.63, 3.8) is 0 Å². The highest BCUT2D eigenvalue weighted by molar-refractivity contribution is 7.89. The number of likely N-dealkylation sites (N-methyl/N-ethyl adjacent to an activating group) is 1. The molecule has 2 aliphatic heterocycles. The predicted molar refractivity (Wildman–Crippen MR) is 149 cm³/mol. The molecule has 2 fully saturated rings. The Morgan fingerprint density at radius 3 is 2.11 bits per heavy atom. The maximum Gasteiger partial charge on any atom is 0.243 e. The largest absolute Gasteiger partial charge is 0.497 e. The van der Waals surface area contributed by atoms with Crippen molar-refractivity contribution < 1.29 is 17.9 Å². The maximum absolute atomic E-state index is 13.2.